The molecule has 0 radical (unpaired) electrons. The van der Waals surface area contributed by atoms with Crippen molar-refractivity contribution in [3.63, 3.8) is 0 Å². The van der Waals surface area contributed by atoms with Crippen LogP contribution in [-0.2, 0) is 9.59 Å². The van der Waals surface area contributed by atoms with Crippen LogP contribution in [0.2, 0.25) is 0 Å². The number of hydrazone groups is 2. The van der Waals surface area contributed by atoms with Gasteiger partial charge in [0.05, 0.1) is 0 Å². The van der Waals surface area contributed by atoms with Gasteiger partial charge in [0, 0.05) is 25.3 Å². The first kappa shape index (κ1) is 21.5. The maximum Gasteiger partial charge on any atom is 0.240 e. The van der Waals surface area contributed by atoms with Gasteiger partial charge in [0.25, 0.3) is 0 Å². The molecular weight excluding hydrogens is 376 g/mol. The molecule has 0 aromatic rings. The average molecular weight is 415 g/mol. The van der Waals surface area contributed by atoms with Gasteiger partial charge in [-0.05, 0) is 86.9 Å². The number of nitrogens with one attached hydrogen (secondary N) is 2. The molecule has 6 heteroatoms. The van der Waals surface area contributed by atoms with Crippen LogP contribution in [-0.4, -0.2) is 24.2 Å². The second-order valence-corrected chi connectivity index (χ2v) is 10.2. The number of carbonyl (C=O) groups excluding carboxylic acids is 2. The topological polar surface area (TPSA) is 82.9 Å². The third-order valence-corrected chi connectivity index (χ3v) is 8.05. The molecule has 6 nitrogen and oxygen atoms in total. The highest BCUT2D eigenvalue weighted by molar-refractivity contribution is 5.77. The van der Waals surface area contributed by atoms with Crippen LogP contribution in [0.1, 0.15) is 89.9 Å². The fourth-order valence-corrected chi connectivity index (χ4v) is 6.40. The van der Waals surface area contributed by atoms with Crippen molar-refractivity contribution in [3.05, 3.63) is 0 Å². The number of hydrogen-bond acceptors (Lipinski definition) is 4. The summed E-state index contributed by atoms with van der Waals surface area (Å²) >= 11 is 0. The summed E-state index contributed by atoms with van der Waals surface area (Å²) in [6.45, 7) is 0. The first-order valence-corrected chi connectivity index (χ1v) is 12.3. The van der Waals surface area contributed by atoms with Gasteiger partial charge >= 0.3 is 0 Å². The van der Waals surface area contributed by atoms with E-state index >= 15 is 0 Å². The fraction of sp³-hybridized carbons (Fsp3) is 0.833. The lowest BCUT2D eigenvalue weighted by Crippen LogP contribution is -2.20. The van der Waals surface area contributed by atoms with Gasteiger partial charge in [-0.1, -0.05) is 25.7 Å². The van der Waals surface area contributed by atoms with Crippen LogP contribution >= 0.6 is 0 Å². The molecule has 30 heavy (non-hydrogen) atoms. The minimum absolute atomic E-state index is 0.00195. The molecule has 4 bridgehead atoms. The molecule has 0 aromatic carbocycles. The number of nitrogens with zero attached hydrogens (tertiary/aromatic N) is 2. The van der Waals surface area contributed by atoms with E-state index in [1.807, 2.05) is 12.4 Å². The molecule has 2 amide bonds. The first-order chi connectivity index (χ1) is 14.7. The molecule has 0 unspecified atom stereocenters. The van der Waals surface area contributed by atoms with E-state index in [-0.39, 0.29) is 11.8 Å². The van der Waals surface area contributed by atoms with Crippen LogP contribution in [0.3, 0.4) is 0 Å². The van der Waals surface area contributed by atoms with E-state index in [1.54, 1.807) is 0 Å². The van der Waals surface area contributed by atoms with Crippen molar-refractivity contribution in [2.75, 3.05) is 0 Å². The summed E-state index contributed by atoms with van der Waals surface area (Å²) < 4.78 is 0. The van der Waals surface area contributed by atoms with E-state index < -0.39 is 0 Å². The predicted molar refractivity (Wildman–Crippen MR) is 119 cm³/mol. The largest absolute Gasteiger partial charge is 0.273 e. The zero-order valence-electron chi connectivity index (χ0n) is 18.2. The molecule has 0 aromatic heterocycles. The summed E-state index contributed by atoms with van der Waals surface area (Å²) in [7, 11) is 0. The SMILES string of the molecule is O=C(CCCCCCC(=O)N/N=C/[C@H]1C[C@H]2CC[C@H]1C2)N/N=C\[C@@H]1C[C@H]2CC[C@H]1C2. The second-order valence-electron chi connectivity index (χ2n) is 10.2. The summed E-state index contributed by atoms with van der Waals surface area (Å²) in [5.74, 6) is 4.56. The summed E-state index contributed by atoms with van der Waals surface area (Å²) in [6, 6.07) is 0. The van der Waals surface area contributed by atoms with Gasteiger partial charge in [-0.2, -0.15) is 10.2 Å². The van der Waals surface area contributed by atoms with Crippen LogP contribution in [0.25, 0.3) is 0 Å². The maximum absolute atomic E-state index is 11.9. The Morgan fingerprint density at radius 2 is 1.13 bits per heavy atom. The number of carbonyl (C=O) groups is 2. The van der Waals surface area contributed by atoms with Gasteiger partial charge in [0.2, 0.25) is 11.8 Å². The average Bonchev–Trinajstić information content (AvgIpc) is 3.52. The number of rotatable bonds is 11. The lowest BCUT2D eigenvalue weighted by atomic mass is 9.90. The molecule has 4 fully saturated rings. The highest BCUT2D eigenvalue weighted by Gasteiger charge is 2.39. The Labute approximate surface area is 180 Å². The zero-order valence-corrected chi connectivity index (χ0v) is 18.2. The van der Waals surface area contributed by atoms with E-state index in [2.05, 4.69) is 21.1 Å². The molecule has 6 atom stereocenters. The molecule has 4 saturated carbocycles. The molecule has 4 aliphatic carbocycles. The Balaban J connectivity index is 0.974. The molecule has 166 valence electrons. The number of amides is 2. The van der Waals surface area contributed by atoms with Crippen molar-refractivity contribution in [1.29, 1.82) is 0 Å². The lowest BCUT2D eigenvalue weighted by molar-refractivity contribution is -0.122. The van der Waals surface area contributed by atoms with Crippen LogP contribution in [0, 0.1) is 35.5 Å². The number of hydrogen-bond donors (Lipinski definition) is 2. The Kier molecular flexibility index (Phi) is 7.56. The Bertz CT molecular complexity index is 606. The third-order valence-electron chi connectivity index (χ3n) is 8.05. The number of unbranched alkanes of at least 4 members (excludes halogenated alkanes) is 3. The lowest BCUT2D eigenvalue weighted by Gasteiger charge is -2.16. The van der Waals surface area contributed by atoms with Gasteiger partial charge in [-0.15, -0.1) is 0 Å². The monoisotopic (exact) mass is 414 g/mol. The smallest absolute Gasteiger partial charge is 0.240 e. The van der Waals surface area contributed by atoms with Crippen molar-refractivity contribution in [2.45, 2.75) is 89.9 Å². The van der Waals surface area contributed by atoms with Crippen molar-refractivity contribution in [3.8, 4) is 0 Å². The normalized spacial score (nSPS) is 34.4. The molecule has 4 rings (SSSR count). The predicted octanol–water partition coefficient (Wildman–Crippen LogP) is 4.40. The minimum Gasteiger partial charge on any atom is -0.273 e. The Morgan fingerprint density at radius 3 is 1.50 bits per heavy atom. The highest BCUT2D eigenvalue weighted by atomic mass is 16.2. The highest BCUT2D eigenvalue weighted by Crippen LogP contribution is 2.48. The van der Waals surface area contributed by atoms with Crippen molar-refractivity contribution < 1.29 is 9.59 Å². The van der Waals surface area contributed by atoms with Gasteiger partial charge < -0.3 is 0 Å². The van der Waals surface area contributed by atoms with Gasteiger partial charge in [-0.25, -0.2) is 10.9 Å². The van der Waals surface area contributed by atoms with Gasteiger partial charge in [-0.3, -0.25) is 9.59 Å². The fourth-order valence-electron chi connectivity index (χ4n) is 6.40. The maximum atomic E-state index is 11.9. The van der Waals surface area contributed by atoms with Crippen molar-refractivity contribution in [2.24, 2.45) is 45.7 Å². The first-order valence-electron chi connectivity index (χ1n) is 12.3. The van der Waals surface area contributed by atoms with Crippen LogP contribution in [0.15, 0.2) is 10.2 Å². The molecule has 4 aliphatic rings. The zero-order chi connectivity index (χ0) is 20.8. The summed E-state index contributed by atoms with van der Waals surface area (Å²) in [4.78, 5) is 23.8. The summed E-state index contributed by atoms with van der Waals surface area (Å²) in [6.07, 6.45) is 19.2. The van der Waals surface area contributed by atoms with E-state index in [9.17, 15) is 9.59 Å². The quantitative estimate of drug-likeness (QED) is 0.298. The Morgan fingerprint density at radius 1 is 0.667 bits per heavy atom. The summed E-state index contributed by atoms with van der Waals surface area (Å²) in [5, 5.41) is 8.38. The minimum atomic E-state index is 0.00195. The molecule has 2 N–H and O–H groups in total. The van der Waals surface area contributed by atoms with Crippen LogP contribution < -0.4 is 10.9 Å². The second kappa shape index (κ2) is 10.5. The number of fused-ring (bicyclic) bond motifs is 4. The van der Waals surface area contributed by atoms with E-state index in [0.717, 1.165) is 49.4 Å². The third kappa shape index (κ3) is 5.92. The molecule has 0 saturated heterocycles. The van der Waals surface area contributed by atoms with Crippen LogP contribution in [0.5, 0.6) is 0 Å². The van der Waals surface area contributed by atoms with Crippen molar-refractivity contribution >= 4 is 24.2 Å². The summed E-state index contributed by atoms with van der Waals surface area (Å²) in [5.41, 5.74) is 5.37. The standard InChI is InChI=1S/C24H38N4O2/c29-23(27-25-15-21-13-17-7-9-19(21)11-17)5-3-1-2-4-6-24(30)28-26-16-22-14-18-8-10-20(22)12-18/h15-22H,1-14H2,(H,27,29)(H,28,30)/b25-15-,26-16+/t17-,18-,19-,20-,21-,22+/m0/s1. The van der Waals surface area contributed by atoms with Crippen LogP contribution in [0.4, 0.5) is 0 Å². The van der Waals surface area contributed by atoms with E-state index in [4.69, 9.17) is 0 Å². The van der Waals surface area contributed by atoms with Gasteiger partial charge in [0.1, 0.15) is 0 Å². The molecule has 0 spiro atoms. The molecule has 0 heterocycles. The molecule has 0 aliphatic heterocycles. The van der Waals surface area contributed by atoms with Crippen molar-refractivity contribution in [1.82, 2.24) is 10.9 Å². The van der Waals surface area contributed by atoms with E-state index in [0.29, 0.717) is 24.7 Å². The Hall–Kier alpha value is -1.72. The molecular formula is C24H38N4O2. The van der Waals surface area contributed by atoms with E-state index in [1.165, 1.54) is 51.4 Å². The van der Waals surface area contributed by atoms with Gasteiger partial charge in [0.15, 0.2) is 0 Å².